The van der Waals surface area contributed by atoms with Crippen LogP contribution in [-0.4, -0.2) is 4.57 Å². The molecule has 97 heavy (non-hydrogen) atoms. The summed E-state index contributed by atoms with van der Waals surface area (Å²) in [6.07, 6.45) is 29.8. The number of benzene rings is 11. The Kier molecular flexibility index (Phi) is 21.8. The fraction of sp³-hybridized carbons (Fsp3) is 0.298. The van der Waals surface area contributed by atoms with Crippen molar-refractivity contribution in [2.75, 3.05) is 9.80 Å². The lowest BCUT2D eigenvalue weighted by molar-refractivity contribution is 0.396. The molecule has 0 amide bonds. The van der Waals surface area contributed by atoms with Crippen molar-refractivity contribution in [3.05, 3.63) is 283 Å². The summed E-state index contributed by atoms with van der Waals surface area (Å²) in [5.41, 5.74) is 27.9. The lowest BCUT2D eigenvalue weighted by Gasteiger charge is -2.33. The van der Waals surface area contributed by atoms with Crippen molar-refractivity contribution in [1.82, 2.24) is 4.57 Å². The molecular weight excluding hydrogens is 1170 g/mol. The van der Waals surface area contributed by atoms with E-state index >= 15 is 0 Å². The van der Waals surface area contributed by atoms with E-state index in [0.29, 0.717) is 0 Å². The van der Waals surface area contributed by atoms with Crippen LogP contribution < -0.4 is 9.80 Å². The van der Waals surface area contributed by atoms with Gasteiger partial charge in [-0.05, 0) is 204 Å². The molecule has 1 aliphatic carbocycles. The second-order valence-electron chi connectivity index (χ2n) is 28.1. The van der Waals surface area contributed by atoms with Crippen LogP contribution in [0.3, 0.4) is 0 Å². The first-order valence-corrected chi connectivity index (χ1v) is 37.3. The molecule has 11 aromatic carbocycles. The van der Waals surface area contributed by atoms with Gasteiger partial charge in [-0.3, -0.25) is 0 Å². The predicted octanol–water partition coefficient (Wildman–Crippen LogP) is 28.5. The van der Waals surface area contributed by atoms with Crippen LogP contribution in [0.15, 0.2) is 255 Å². The van der Waals surface area contributed by atoms with Crippen molar-refractivity contribution in [2.45, 2.75) is 181 Å². The third-order valence-electron chi connectivity index (χ3n) is 21.4. The highest BCUT2D eigenvalue weighted by atomic mass is 15.1. The highest BCUT2D eigenvalue weighted by Crippen LogP contribution is 2.56. The van der Waals surface area contributed by atoms with Gasteiger partial charge < -0.3 is 14.4 Å². The number of hydrogen-bond donors (Lipinski definition) is 0. The van der Waals surface area contributed by atoms with Gasteiger partial charge in [-0.2, -0.15) is 0 Å². The Morgan fingerprint density at radius 3 is 1.13 bits per heavy atom. The van der Waals surface area contributed by atoms with E-state index in [1.807, 2.05) is 0 Å². The Hall–Kier alpha value is -9.18. The molecule has 0 spiro atoms. The summed E-state index contributed by atoms with van der Waals surface area (Å²) in [5.74, 6) is 0. The predicted molar refractivity (Wildman–Crippen MR) is 420 cm³/mol. The van der Waals surface area contributed by atoms with E-state index in [9.17, 15) is 0 Å². The maximum Gasteiger partial charge on any atom is 0.0547 e. The van der Waals surface area contributed by atoms with Gasteiger partial charge in [0.25, 0.3) is 0 Å². The van der Waals surface area contributed by atoms with Crippen LogP contribution >= 0.6 is 0 Å². The number of unbranched alkanes of at least 4 members (excludes halogenated alkanes) is 18. The summed E-state index contributed by atoms with van der Waals surface area (Å²) >= 11 is 0. The number of fused-ring (bicyclic) bond motifs is 6. The Balaban J connectivity index is 0.764. The zero-order chi connectivity index (χ0) is 66.3. The molecule has 1 aromatic heterocycles. The molecule has 1 heterocycles. The molecule has 0 saturated carbocycles. The molecule has 1 aliphatic rings. The molecule has 0 saturated heterocycles. The van der Waals surface area contributed by atoms with E-state index in [4.69, 9.17) is 0 Å². The topological polar surface area (TPSA) is 11.4 Å². The van der Waals surface area contributed by atoms with Crippen LogP contribution in [0.2, 0.25) is 0 Å². The first-order valence-electron chi connectivity index (χ1n) is 37.3. The van der Waals surface area contributed by atoms with Gasteiger partial charge in [-0.15, -0.1) is 0 Å². The summed E-state index contributed by atoms with van der Waals surface area (Å²) in [6, 6.07) is 95.5. The van der Waals surface area contributed by atoms with Crippen molar-refractivity contribution in [3.8, 4) is 50.2 Å². The summed E-state index contributed by atoms with van der Waals surface area (Å²) in [7, 11) is 0. The zero-order valence-electron chi connectivity index (χ0n) is 58.6. The smallest absolute Gasteiger partial charge is 0.0547 e. The Bertz CT molecular complexity index is 4420. The van der Waals surface area contributed by atoms with Gasteiger partial charge in [-0.1, -0.05) is 299 Å². The van der Waals surface area contributed by atoms with Crippen LogP contribution in [0, 0.1) is 20.8 Å². The highest BCUT2D eigenvalue weighted by Gasteiger charge is 2.43. The Morgan fingerprint density at radius 2 is 0.639 bits per heavy atom. The molecule has 3 heteroatoms. The van der Waals surface area contributed by atoms with Gasteiger partial charge in [0.2, 0.25) is 0 Å². The molecule has 0 N–H and O–H groups in total. The lowest BCUT2D eigenvalue weighted by atomic mass is 9.70. The highest BCUT2D eigenvalue weighted by molar-refractivity contribution is 6.10. The van der Waals surface area contributed by atoms with E-state index in [0.717, 1.165) is 39.8 Å². The van der Waals surface area contributed by atoms with Crippen molar-refractivity contribution in [2.24, 2.45) is 0 Å². The Labute approximate surface area is 580 Å². The molecule has 492 valence electrons. The van der Waals surface area contributed by atoms with Crippen molar-refractivity contribution < 1.29 is 0 Å². The fourth-order valence-electron chi connectivity index (χ4n) is 15.8. The zero-order valence-corrected chi connectivity index (χ0v) is 58.6. The van der Waals surface area contributed by atoms with Crippen molar-refractivity contribution in [1.29, 1.82) is 0 Å². The van der Waals surface area contributed by atoms with Gasteiger partial charge in [-0.25, -0.2) is 0 Å². The number of para-hydroxylation sites is 3. The lowest BCUT2D eigenvalue weighted by Crippen LogP contribution is -2.26. The first-order chi connectivity index (χ1) is 47.8. The number of nitrogens with zero attached hydrogens (tertiary/aromatic N) is 3. The summed E-state index contributed by atoms with van der Waals surface area (Å²) < 4.78 is 2.44. The number of aromatic nitrogens is 1. The molecule has 12 aromatic rings. The van der Waals surface area contributed by atoms with Crippen molar-refractivity contribution in [3.63, 3.8) is 0 Å². The SMILES string of the molecule is CCCCCCCCCCCCC1(CCCCCCCCCCCC)c2cc(-c3ccc(N(c4ccc(C)cc4)c4ccc(-c5ccc6c7ccccc7n(-c7ccc(-c8ccc(N(c9ccccc9)c9ccccc9)cc8)cc7)c6c5)cc4)cc3)ccc2-c2cc(C)c(C)cc21. The quantitative estimate of drug-likeness (QED) is 0.0389. The molecule has 3 nitrogen and oxygen atoms in total. The number of hydrogen-bond acceptors (Lipinski definition) is 2. The molecule has 13 rings (SSSR count). The average Bonchev–Trinajstić information content (AvgIpc) is 1.57. The fourth-order valence-corrected chi connectivity index (χ4v) is 15.8. The second kappa shape index (κ2) is 31.8. The van der Waals surface area contributed by atoms with E-state index < -0.39 is 0 Å². The summed E-state index contributed by atoms with van der Waals surface area (Å²) in [5, 5.41) is 2.49. The minimum atomic E-state index is 0.0240. The maximum atomic E-state index is 2.64. The van der Waals surface area contributed by atoms with Crippen LogP contribution in [-0.2, 0) is 5.41 Å². The first kappa shape index (κ1) is 66.4. The van der Waals surface area contributed by atoms with Gasteiger partial charge in [0.1, 0.15) is 0 Å². The molecule has 0 aliphatic heterocycles. The average molecular weight is 1270 g/mol. The molecule has 0 radical (unpaired) electrons. The van der Waals surface area contributed by atoms with E-state index in [2.05, 4.69) is 304 Å². The van der Waals surface area contributed by atoms with Gasteiger partial charge in [0, 0.05) is 56.0 Å². The van der Waals surface area contributed by atoms with E-state index in [-0.39, 0.29) is 5.41 Å². The third-order valence-corrected chi connectivity index (χ3v) is 21.4. The number of anilines is 6. The third kappa shape index (κ3) is 15.0. The maximum absolute atomic E-state index is 2.64. The van der Waals surface area contributed by atoms with E-state index in [1.54, 1.807) is 11.1 Å². The van der Waals surface area contributed by atoms with Crippen LogP contribution in [0.25, 0.3) is 72.0 Å². The minimum Gasteiger partial charge on any atom is -0.311 e. The van der Waals surface area contributed by atoms with Crippen LogP contribution in [0.1, 0.15) is 183 Å². The normalized spacial score (nSPS) is 12.3. The second-order valence-corrected chi connectivity index (χ2v) is 28.1. The number of aryl methyl sites for hydroxylation is 3. The van der Waals surface area contributed by atoms with Crippen LogP contribution in [0.4, 0.5) is 34.1 Å². The van der Waals surface area contributed by atoms with Gasteiger partial charge >= 0.3 is 0 Å². The molecule has 0 fully saturated rings. The monoisotopic (exact) mass is 1270 g/mol. The van der Waals surface area contributed by atoms with Gasteiger partial charge in [0.05, 0.1) is 11.0 Å². The number of rotatable bonds is 32. The van der Waals surface area contributed by atoms with Crippen LogP contribution in [0.5, 0.6) is 0 Å². The minimum absolute atomic E-state index is 0.0240. The molecule has 0 bridgehead atoms. The standard InChI is InChI=1S/C94H101N3/c1-6-8-10-12-14-16-18-20-22-32-64-94(65-33-23-21-19-17-15-13-11-9-7-2)90-67-72(5)71(4)66-89(90)86-62-50-77(68-91(86)94)75-46-56-83(57-47-75)96(81-52-40-70(3)41-53-81)84-58-48-76(49-59-84)78-51-63-88-87-38-30-31-39-92(87)97(93(88)69-78)85-60-44-74(45-61-85)73-42-54-82(55-43-73)95(79-34-26-24-27-35-79)80-36-28-25-29-37-80/h24-31,34-63,66-69H,6-23,32-33,64-65H2,1-5H3. The molecule has 0 unspecified atom stereocenters. The van der Waals surface area contributed by atoms with Gasteiger partial charge in [0.15, 0.2) is 0 Å². The molecule has 0 atom stereocenters. The summed E-state index contributed by atoms with van der Waals surface area (Å²) in [6.45, 7) is 11.5. The van der Waals surface area contributed by atoms with E-state index in [1.165, 1.54) is 224 Å². The Morgan fingerprint density at radius 1 is 0.278 bits per heavy atom. The summed E-state index contributed by atoms with van der Waals surface area (Å²) in [4.78, 5) is 4.73. The molecular formula is C94H101N3. The largest absolute Gasteiger partial charge is 0.311 e. The van der Waals surface area contributed by atoms with Crippen molar-refractivity contribution >= 4 is 55.9 Å².